The molecule has 0 unspecified atom stereocenters. The largest absolute Gasteiger partial charge is 0.383 e. The third kappa shape index (κ3) is 4.89. The molecule has 0 aliphatic carbocycles. The number of para-hydroxylation sites is 1. The summed E-state index contributed by atoms with van der Waals surface area (Å²) in [6, 6.07) is 10.7. The number of aryl methyl sites for hydroxylation is 1. The molecule has 26 heavy (non-hydrogen) atoms. The number of aromatic nitrogens is 1. The Morgan fingerprint density at radius 1 is 1.08 bits per heavy atom. The molecule has 0 saturated heterocycles. The maximum atomic E-state index is 12.7. The summed E-state index contributed by atoms with van der Waals surface area (Å²) in [5.74, 6) is -0.403. The average molecular weight is 355 g/mol. The van der Waals surface area contributed by atoms with Gasteiger partial charge in [0.05, 0.1) is 6.61 Å². The second-order valence-electron chi connectivity index (χ2n) is 6.30. The van der Waals surface area contributed by atoms with Gasteiger partial charge in [-0.15, -0.1) is 0 Å². The summed E-state index contributed by atoms with van der Waals surface area (Å²) in [6.45, 7) is 6.90. The Balaban J connectivity index is 2.19. The van der Waals surface area contributed by atoms with Gasteiger partial charge in [-0.3, -0.25) is 9.59 Å². The van der Waals surface area contributed by atoms with Crippen LogP contribution in [0.3, 0.4) is 0 Å². The van der Waals surface area contributed by atoms with Crippen molar-refractivity contribution in [1.29, 1.82) is 0 Å². The zero-order chi connectivity index (χ0) is 19.1. The zero-order valence-corrected chi connectivity index (χ0v) is 15.6. The minimum atomic E-state index is -0.340. The van der Waals surface area contributed by atoms with Crippen LogP contribution < -0.4 is 10.6 Å². The molecule has 2 N–H and O–H groups in total. The highest BCUT2D eigenvalue weighted by Gasteiger charge is 2.16. The van der Waals surface area contributed by atoms with Gasteiger partial charge in [0, 0.05) is 19.3 Å². The smallest absolute Gasteiger partial charge is 0.274 e. The molecule has 2 amide bonds. The van der Waals surface area contributed by atoms with E-state index >= 15 is 0 Å². The van der Waals surface area contributed by atoms with Crippen LogP contribution in [0.25, 0.3) is 0 Å². The third-order valence-electron chi connectivity index (χ3n) is 3.97. The Hall–Kier alpha value is -2.73. The maximum Gasteiger partial charge on any atom is 0.274 e. The first-order chi connectivity index (χ1) is 12.4. The van der Waals surface area contributed by atoms with Crippen molar-refractivity contribution in [3.8, 4) is 0 Å². The van der Waals surface area contributed by atoms with Crippen molar-refractivity contribution in [3.05, 3.63) is 58.9 Å². The van der Waals surface area contributed by atoms with Crippen molar-refractivity contribution in [2.75, 3.05) is 25.6 Å². The molecule has 6 nitrogen and oxygen atoms in total. The van der Waals surface area contributed by atoms with Crippen molar-refractivity contribution >= 4 is 17.5 Å². The lowest BCUT2D eigenvalue weighted by molar-refractivity contribution is 0.0932. The number of methoxy groups -OCH3 is 1. The number of rotatable bonds is 7. The lowest BCUT2D eigenvalue weighted by Gasteiger charge is -2.16. The van der Waals surface area contributed by atoms with Crippen LogP contribution >= 0.6 is 0 Å². The van der Waals surface area contributed by atoms with Crippen molar-refractivity contribution in [2.24, 2.45) is 0 Å². The highest BCUT2D eigenvalue weighted by Crippen LogP contribution is 2.27. The molecule has 0 aliphatic rings. The SMILES string of the molecule is COCCNC(=O)c1cccc(C(=O)Nc2c(C)cccc2C(C)C)n1. The number of anilines is 1. The van der Waals surface area contributed by atoms with Gasteiger partial charge in [-0.2, -0.15) is 0 Å². The second-order valence-corrected chi connectivity index (χ2v) is 6.30. The van der Waals surface area contributed by atoms with Crippen molar-refractivity contribution < 1.29 is 14.3 Å². The Labute approximate surface area is 154 Å². The summed E-state index contributed by atoms with van der Waals surface area (Å²) < 4.78 is 4.90. The number of pyridine rings is 1. The zero-order valence-electron chi connectivity index (χ0n) is 15.6. The highest BCUT2D eigenvalue weighted by atomic mass is 16.5. The van der Waals surface area contributed by atoms with E-state index < -0.39 is 0 Å². The highest BCUT2D eigenvalue weighted by molar-refractivity contribution is 6.04. The Bertz CT molecular complexity index is 788. The van der Waals surface area contributed by atoms with Crippen LogP contribution in [0.2, 0.25) is 0 Å². The molecule has 0 radical (unpaired) electrons. The van der Waals surface area contributed by atoms with Gasteiger partial charge in [0.25, 0.3) is 11.8 Å². The van der Waals surface area contributed by atoms with Gasteiger partial charge in [0.15, 0.2) is 0 Å². The Kier molecular flexibility index (Phi) is 6.86. The maximum absolute atomic E-state index is 12.7. The predicted molar refractivity (Wildman–Crippen MR) is 102 cm³/mol. The van der Waals surface area contributed by atoms with Crippen LogP contribution in [0.4, 0.5) is 5.69 Å². The van der Waals surface area contributed by atoms with Crippen LogP contribution in [0.15, 0.2) is 36.4 Å². The topological polar surface area (TPSA) is 80.3 Å². The van der Waals surface area contributed by atoms with Gasteiger partial charge >= 0.3 is 0 Å². The van der Waals surface area contributed by atoms with Crippen LogP contribution in [-0.2, 0) is 4.74 Å². The van der Waals surface area contributed by atoms with E-state index in [1.54, 1.807) is 25.3 Å². The average Bonchev–Trinajstić information content (AvgIpc) is 2.63. The number of hydrogen-bond donors (Lipinski definition) is 2. The molecule has 1 aromatic carbocycles. The number of hydrogen-bond acceptors (Lipinski definition) is 4. The summed E-state index contributed by atoms with van der Waals surface area (Å²) in [7, 11) is 1.56. The molecule has 0 atom stereocenters. The first kappa shape index (κ1) is 19.6. The number of nitrogens with zero attached hydrogens (tertiary/aromatic N) is 1. The number of benzene rings is 1. The standard InChI is InChI=1S/C20H25N3O3/c1-13(2)15-8-5-7-14(3)18(15)23-20(25)17-10-6-9-16(22-17)19(24)21-11-12-26-4/h5-10,13H,11-12H2,1-4H3,(H,21,24)(H,23,25). The van der Waals surface area contributed by atoms with Crippen LogP contribution in [0, 0.1) is 6.92 Å². The van der Waals surface area contributed by atoms with Gasteiger partial charge < -0.3 is 15.4 Å². The van der Waals surface area contributed by atoms with Crippen LogP contribution in [0.5, 0.6) is 0 Å². The summed E-state index contributed by atoms with van der Waals surface area (Å²) in [5, 5.41) is 5.63. The van der Waals surface area contributed by atoms with E-state index in [0.29, 0.717) is 13.2 Å². The number of ether oxygens (including phenoxy) is 1. The molecule has 138 valence electrons. The van der Waals surface area contributed by atoms with Crippen LogP contribution in [-0.4, -0.2) is 37.1 Å². The van der Waals surface area contributed by atoms with Crippen LogP contribution in [0.1, 0.15) is 51.9 Å². The summed E-state index contributed by atoms with van der Waals surface area (Å²) in [6.07, 6.45) is 0. The Morgan fingerprint density at radius 3 is 2.38 bits per heavy atom. The lowest BCUT2D eigenvalue weighted by atomic mass is 9.98. The molecule has 0 spiro atoms. The summed E-state index contributed by atoms with van der Waals surface area (Å²) in [5.41, 5.74) is 3.24. The molecule has 2 aromatic rings. The van der Waals surface area contributed by atoms with Gasteiger partial charge in [0.1, 0.15) is 11.4 Å². The minimum Gasteiger partial charge on any atom is -0.383 e. The number of nitrogens with one attached hydrogen (secondary N) is 2. The van der Waals surface area contributed by atoms with Gasteiger partial charge in [0.2, 0.25) is 0 Å². The predicted octanol–water partition coefficient (Wildman–Crippen LogP) is 3.14. The van der Waals surface area contributed by atoms with E-state index in [1.807, 2.05) is 25.1 Å². The van der Waals surface area contributed by atoms with E-state index in [-0.39, 0.29) is 29.1 Å². The van der Waals surface area contributed by atoms with E-state index in [1.165, 1.54) is 0 Å². The molecule has 6 heteroatoms. The second kappa shape index (κ2) is 9.10. The molecular formula is C20H25N3O3. The molecule has 1 heterocycles. The first-order valence-electron chi connectivity index (χ1n) is 8.59. The van der Waals surface area contributed by atoms with Gasteiger partial charge in [-0.05, 0) is 36.1 Å². The summed E-state index contributed by atoms with van der Waals surface area (Å²) >= 11 is 0. The molecule has 0 saturated carbocycles. The first-order valence-corrected chi connectivity index (χ1v) is 8.59. The third-order valence-corrected chi connectivity index (χ3v) is 3.97. The molecule has 0 fully saturated rings. The fraction of sp³-hybridized carbons (Fsp3) is 0.350. The monoisotopic (exact) mass is 355 g/mol. The molecule has 2 rings (SSSR count). The van der Waals surface area contributed by atoms with E-state index in [9.17, 15) is 9.59 Å². The van der Waals surface area contributed by atoms with Crippen molar-refractivity contribution in [2.45, 2.75) is 26.7 Å². The number of amides is 2. The minimum absolute atomic E-state index is 0.197. The molecular weight excluding hydrogens is 330 g/mol. The number of carbonyl (C=O) groups excluding carboxylic acids is 2. The molecule has 0 aliphatic heterocycles. The van der Waals surface area contributed by atoms with E-state index in [0.717, 1.165) is 16.8 Å². The normalized spacial score (nSPS) is 10.7. The Morgan fingerprint density at radius 2 is 1.73 bits per heavy atom. The van der Waals surface area contributed by atoms with Gasteiger partial charge in [-0.1, -0.05) is 38.1 Å². The van der Waals surface area contributed by atoms with Gasteiger partial charge in [-0.25, -0.2) is 4.98 Å². The fourth-order valence-corrected chi connectivity index (χ4v) is 2.56. The van der Waals surface area contributed by atoms with E-state index in [4.69, 9.17) is 4.74 Å². The van der Waals surface area contributed by atoms with Crippen molar-refractivity contribution in [1.82, 2.24) is 10.3 Å². The lowest BCUT2D eigenvalue weighted by Crippen LogP contribution is -2.28. The quantitative estimate of drug-likeness (QED) is 0.748. The molecule has 0 bridgehead atoms. The summed E-state index contributed by atoms with van der Waals surface area (Å²) in [4.78, 5) is 28.9. The fourth-order valence-electron chi connectivity index (χ4n) is 2.56. The number of carbonyl (C=O) groups is 2. The molecule has 1 aromatic heterocycles. The van der Waals surface area contributed by atoms with Crippen molar-refractivity contribution in [3.63, 3.8) is 0 Å². The van der Waals surface area contributed by atoms with E-state index in [2.05, 4.69) is 29.5 Å².